The maximum Gasteiger partial charge on any atom is 0.260 e. The number of halogens is 1. The summed E-state index contributed by atoms with van der Waals surface area (Å²) in [5, 5.41) is 0.306. The van der Waals surface area contributed by atoms with Crippen molar-refractivity contribution in [3.05, 3.63) is 114 Å². The number of rotatable bonds is 8. The van der Waals surface area contributed by atoms with Crippen LogP contribution in [-0.4, -0.2) is 30.7 Å². The Labute approximate surface area is 217 Å². The van der Waals surface area contributed by atoms with E-state index in [4.69, 9.17) is 4.42 Å². The highest BCUT2D eigenvalue weighted by Crippen LogP contribution is 2.32. The molecule has 0 saturated heterocycles. The van der Waals surface area contributed by atoms with Crippen molar-refractivity contribution in [2.24, 2.45) is 0 Å². The number of hydrogen-bond donors (Lipinski definition) is 0. The minimum Gasteiger partial charge on any atom is -0.467 e. The molecule has 0 bridgehead atoms. The van der Waals surface area contributed by atoms with Crippen LogP contribution in [0.2, 0.25) is 0 Å². The summed E-state index contributed by atoms with van der Waals surface area (Å²) in [6, 6.07) is 23.1. The third kappa shape index (κ3) is 5.17. The Bertz CT molecular complexity index is 1630. The van der Waals surface area contributed by atoms with Crippen LogP contribution in [0.1, 0.15) is 21.7 Å². The van der Waals surface area contributed by atoms with Gasteiger partial charge < -0.3 is 4.42 Å². The van der Waals surface area contributed by atoms with E-state index < -0.39 is 21.7 Å². The van der Waals surface area contributed by atoms with Crippen LogP contribution in [-0.2, 0) is 23.1 Å². The van der Waals surface area contributed by atoms with Gasteiger partial charge in [0.1, 0.15) is 17.1 Å². The Balaban J connectivity index is 1.43. The molecule has 7 nitrogen and oxygen atoms in total. The van der Waals surface area contributed by atoms with Crippen molar-refractivity contribution in [3.8, 4) is 0 Å². The normalized spacial score (nSPS) is 11.8. The number of aromatic nitrogens is 1. The van der Waals surface area contributed by atoms with Crippen LogP contribution >= 0.6 is 11.3 Å². The molecule has 5 aromatic rings. The molecule has 0 aliphatic rings. The van der Waals surface area contributed by atoms with Crippen LogP contribution in [0.3, 0.4) is 0 Å². The standard InChI is InChI=1S/C27H22FN3O4S2/c1-30(17-19-7-3-2-4-8-19)37(33,34)22-14-12-20(13-15-22)26(32)31(18-21-9-6-16-35-21)27-29-25-23(28)10-5-11-24(25)36-27/h2-16H,17-18H2,1H3. The fourth-order valence-electron chi connectivity index (χ4n) is 3.83. The van der Waals surface area contributed by atoms with Gasteiger partial charge in [-0.1, -0.05) is 47.7 Å². The zero-order chi connectivity index (χ0) is 26.0. The van der Waals surface area contributed by atoms with E-state index in [-0.39, 0.29) is 29.1 Å². The molecule has 0 aliphatic heterocycles. The van der Waals surface area contributed by atoms with Gasteiger partial charge in [0, 0.05) is 19.2 Å². The minimum atomic E-state index is -3.77. The van der Waals surface area contributed by atoms with Crippen molar-refractivity contribution in [1.82, 2.24) is 9.29 Å². The summed E-state index contributed by atoms with van der Waals surface area (Å²) in [5.41, 5.74) is 1.31. The summed E-state index contributed by atoms with van der Waals surface area (Å²) in [4.78, 5) is 19.4. The lowest BCUT2D eigenvalue weighted by atomic mass is 10.2. The first-order valence-corrected chi connectivity index (χ1v) is 13.6. The number of amides is 1. The number of anilines is 1. The summed E-state index contributed by atoms with van der Waals surface area (Å²) in [5.74, 6) is -0.369. The molecule has 188 valence electrons. The lowest BCUT2D eigenvalue weighted by molar-refractivity contribution is 0.0983. The molecule has 37 heavy (non-hydrogen) atoms. The molecule has 0 radical (unpaired) electrons. The monoisotopic (exact) mass is 535 g/mol. The Hall–Kier alpha value is -3.86. The Morgan fingerprint density at radius 2 is 1.70 bits per heavy atom. The van der Waals surface area contributed by atoms with Crippen molar-refractivity contribution in [3.63, 3.8) is 0 Å². The first kappa shape index (κ1) is 24.8. The molecule has 0 unspecified atom stereocenters. The Morgan fingerprint density at radius 3 is 2.38 bits per heavy atom. The van der Waals surface area contributed by atoms with E-state index in [0.717, 1.165) is 5.56 Å². The second-order valence-corrected chi connectivity index (χ2v) is 11.4. The maximum absolute atomic E-state index is 14.3. The first-order chi connectivity index (χ1) is 17.8. The molecule has 1 amide bonds. The average molecular weight is 536 g/mol. The van der Waals surface area contributed by atoms with Gasteiger partial charge >= 0.3 is 0 Å². The highest BCUT2D eigenvalue weighted by Gasteiger charge is 2.25. The zero-order valence-electron chi connectivity index (χ0n) is 19.7. The Morgan fingerprint density at radius 1 is 0.946 bits per heavy atom. The highest BCUT2D eigenvalue weighted by atomic mass is 32.2. The molecule has 0 saturated carbocycles. The average Bonchev–Trinajstić information content (AvgIpc) is 3.58. The zero-order valence-corrected chi connectivity index (χ0v) is 21.4. The lowest BCUT2D eigenvalue weighted by Crippen LogP contribution is -2.30. The maximum atomic E-state index is 14.3. The van der Waals surface area contributed by atoms with Gasteiger partial charge in [0.25, 0.3) is 5.91 Å². The van der Waals surface area contributed by atoms with E-state index >= 15 is 0 Å². The molecule has 2 heterocycles. The fourth-order valence-corrected chi connectivity index (χ4v) is 5.97. The summed E-state index contributed by atoms with van der Waals surface area (Å²) in [6.45, 7) is 0.294. The van der Waals surface area contributed by atoms with Gasteiger partial charge in [0.05, 0.1) is 22.4 Å². The molecule has 0 N–H and O–H groups in total. The number of nitrogens with zero attached hydrogens (tertiary/aromatic N) is 3. The molecule has 0 spiro atoms. The number of carbonyl (C=O) groups is 1. The van der Waals surface area contributed by atoms with Gasteiger partial charge in [-0.25, -0.2) is 17.8 Å². The molecular weight excluding hydrogens is 513 g/mol. The van der Waals surface area contributed by atoms with E-state index in [2.05, 4.69) is 4.98 Å². The number of hydrogen-bond acceptors (Lipinski definition) is 6. The number of sulfonamides is 1. The van der Waals surface area contributed by atoms with E-state index in [1.807, 2.05) is 30.3 Å². The largest absolute Gasteiger partial charge is 0.467 e. The summed E-state index contributed by atoms with van der Waals surface area (Å²) in [7, 11) is -2.26. The molecule has 0 fully saturated rings. The van der Waals surface area contributed by atoms with E-state index in [1.54, 1.807) is 24.3 Å². The van der Waals surface area contributed by atoms with Gasteiger partial charge in [-0.3, -0.25) is 9.69 Å². The predicted octanol–water partition coefficient (Wildman–Crippen LogP) is 5.70. The van der Waals surface area contributed by atoms with Crippen molar-refractivity contribution in [2.45, 2.75) is 18.0 Å². The van der Waals surface area contributed by atoms with E-state index in [1.165, 1.54) is 64.2 Å². The van der Waals surface area contributed by atoms with E-state index in [9.17, 15) is 17.6 Å². The molecule has 0 atom stereocenters. The summed E-state index contributed by atoms with van der Waals surface area (Å²) in [6.07, 6.45) is 1.50. The van der Waals surface area contributed by atoms with E-state index in [0.29, 0.717) is 15.6 Å². The number of furan rings is 1. The van der Waals surface area contributed by atoms with Gasteiger partial charge in [-0.2, -0.15) is 4.31 Å². The molecule has 2 aromatic heterocycles. The number of thiazole rings is 1. The summed E-state index contributed by atoms with van der Waals surface area (Å²) < 4.78 is 47.8. The highest BCUT2D eigenvalue weighted by molar-refractivity contribution is 7.89. The topological polar surface area (TPSA) is 83.7 Å². The molecule has 10 heteroatoms. The Kier molecular flexibility index (Phi) is 6.88. The number of benzene rings is 3. The van der Waals surface area contributed by atoms with Crippen LogP contribution in [0.25, 0.3) is 10.2 Å². The smallest absolute Gasteiger partial charge is 0.260 e. The molecule has 5 rings (SSSR count). The second kappa shape index (κ2) is 10.3. The quantitative estimate of drug-likeness (QED) is 0.255. The minimum absolute atomic E-state index is 0.0714. The van der Waals surface area contributed by atoms with Gasteiger partial charge in [0.2, 0.25) is 10.0 Å². The van der Waals surface area contributed by atoms with Crippen LogP contribution in [0.4, 0.5) is 9.52 Å². The molecule has 0 aliphatic carbocycles. The van der Waals surface area contributed by atoms with Crippen molar-refractivity contribution in [1.29, 1.82) is 0 Å². The molecule has 3 aromatic carbocycles. The fraction of sp³-hybridized carbons (Fsp3) is 0.111. The molecular formula is C27H22FN3O4S2. The predicted molar refractivity (Wildman–Crippen MR) is 140 cm³/mol. The number of para-hydroxylation sites is 1. The van der Waals surface area contributed by atoms with Gasteiger partial charge in [-0.05, 0) is 54.1 Å². The van der Waals surface area contributed by atoms with Crippen LogP contribution < -0.4 is 4.90 Å². The number of fused-ring (bicyclic) bond motifs is 1. The first-order valence-electron chi connectivity index (χ1n) is 11.3. The third-order valence-electron chi connectivity index (χ3n) is 5.79. The van der Waals surface area contributed by atoms with Crippen LogP contribution in [0.15, 0.2) is 101 Å². The van der Waals surface area contributed by atoms with Crippen LogP contribution in [0.5, 0.6) is 0 Å². The van der Waals surface area contributed by atoms with Gasteiger partial charge in [0.15, 0.2) is 5.13 Å². The third-order valence-corrected chi connectivity index (χ3v) is 8.65. The number of carbonyl (C=O) groups excluding carboxylic acids is 1. The van der Waals surface area contributed by atoms with Crippen LogP contribution in [0, 0.1) is 5.82 Å². The van der Waals surface area contributed by atoms with Gasteiger partial charge in [-0.15, -0.1) is 0 Å². The van der Waals surface area contributed by atoms with Crippen molar-refractivity contribution >= 4 is 42.6 Å². The lowest BCUT2D eigenvalue weighted by Gasteiger charge is -2.20. The SMILES string of the molecule is CN(Cc1ccccc1)S(=O)(=O)c1ccc(C(=O)N(Cc2ccco2)c2nc3c(F)cccc3s2)cc1. The van der Waals surface area contributed by atoms with Crippen molar-refractivity contribution in [2.75, 3.05) is 11.9 Å². The van der Waals surface area contributed by atoms with Crippen molar-refractivity contribution < 1.29 is 22.0 Å². The summed E-state index contributed by atoms with van der Waals surface area (Å²) >= 11 is 1.19. The second-order valence-electron chi connectivity index (χ2n) is 8.32.